The minimum absolute atomic E-state index is 0.440. The van der Waals surface area contributed by atoms with Gasteiger partial charge in [-0.2, -0.15) is 0 Å². The first-order valence-corrected chi connectivity index (χ1v) is 3.74. The van der Waals surface area contributed by atoms with Gasteiger partial charge in [0.1, 0.15) is 5.38 Å². The van der Waals surface area contributed by atoms with Gasteiger partial charge in [-0.05, 0) is 11.6 Å². The minimum atomic E-state index is -0.774. The summed E-state index contributed by atoms with van der Waals surface area (Å²) < 4.78 is 0. The van der Waals surface area contributed by atoms with E-state index in [2.05, 4.69) is 4.98 Å². The van der Waals surface area contributed by atoms with E-state index < -0.39 is 11.3 Å². The first-order valence-electron chi connectivity index (χ1n) is 3.30. The maximum atomic E-state index is 10.9. The molecular weight excluding hydrogens is 178 g/mol. The molecule has 5 heteroatoms. The van der Waals surface area contributed by atoms with Crippen molar-refractivity contribution >= 4 is 17.5 Å². The van der Waals surface area contributed by atoms with Crippen molar-refractivity contribution in [1.29, 1.82) is 0 Å². The average molecular weight is 186 g/mol. The predicted octanol–water partition coefficient (Wildman–Crippen LogP) is 0.351. The maximum Gasteiger partial charge on any atom is 0.256 e. The van der Waals surface area contributed by atoms with Crippen LogP contribution < -0.4 is 11.3 Å². The molecule has 0 saturated carbocycles. The van der Waals surface area contributed by atoms with E-state index in [0.29, 0.717) is 5.56 Å². The number of carbonyl (C=O) groups is 1. The van der Waals surface area contributed by atoms with E-state index in [1.807, 2.05) is 5.43 Å². The number of nitrogens with zero attached hydrogens (tertiary/aromatic N) is 1. The predicted molar refractivity (Wildman–Crippen MR) is 45.2 cm³/mol. The molecule has 1 rings (SSSR count). The van der Waals surface area contributed by atoms with Gasteiger partial charge in [-0.15, -0.1) is 11.6 Å². The van der Waals surface area contributed by atoms with E-state index in [1.165, 1.54) is 6.20 Å². The van der Waals surface area contributed by atoms with Crippen molar-refractivity contribution in [2.75, 3.05) is 0 Å². The summed E-state index contributed by atoms with van der Waals surface area (Å²) in [7, 11) is 0. The monoisotopic (exact) mass is 185 g/mol. The summed E-state index contributed by atoms with van der Waals surface area (Å²) in [6, 6.07) is 3.41. The summed E-state index contributed by atoms with van der Waals surface area (Å²) >= 11 is 5.72. The zero-order valence-corrected chi connectivity index (χ0v) is 6.95. The Morgan fingerprint density at radius 3 is 3.00 bits per heavy atom. The third-order valence-corrected chi connectivity index (χ3v) is 1.80. The van der Waals surface area contributed by atoms with Crippen molar-refractivity contribution in [2.45, 2.75) is 5.38 Å². The topological polar surface area (TPSA) is 68.0 Å². The van der Waals surface area contributed by atoms with Crippen LogP contribution in [-0.2, 0) is 4.79 Å². The van der Waals surface area contributed by atoms with Crippen molar-refractivity contribution < 1.29 is 4.79 Å². The molecule has 3 N–H and O–H groups in total. The Kier molecular flexibility index (Phi) is 3.01. The Balaban J connectivity index is 2.78. The third-order valence-electron chi connectivity index (χ3n) is 1.35. The van der Waals surface area contributed by atoms with E-state index in [0.717, 1.165) is 0 Å². The zero-order chi connectivity index (χ0) is 8.97. The fourth-order valence-corrected chi connectivity index (χ4v) is 0.943. The molecule has 0 aliphatic rings. The van der Waals surface area contributed by atoms with Crippen molar-refractivity contribution in [3.05, 3.63) is 30.1 Å². The van der Waals surface area contributed by atoms with Crippen molar-refractivity contribution in [3.8, 4) is 0 Å². The highest BCUT2D eigenvalue weighted by molar-refractivity contribution is 6.30. The van der Waals surface area contributed by atoms with E-state index in [1.54, 1.807) is 18.3 Å². The van der Waals surface area contributed by atoms with E-state index in [4.69, 9.17) is 17.4 Å². The Morgan fingerprint density at radius 2 is 2.50 bits per heavy atom. The van der Waals surface area contributed by atoms with Crippen LogP contribution in [0, 0.1) is 0 Å². The molecule has 0 bridgehead atoms. The molecule has 4 nitrogen and oxygen atoms in total. The van der Waals surface area contributed by atoms with Gasteiger partial charge in [-0.25, -0.2) is 5.84 Å². The largest absolute Gasteiger partial charge is 0.293 e. The van der Waals surface area contributed by atoms with Crippen LogP contribution in [0.5, 0.6) is 0 Å². The van der Waals surface area contributed by atoms with Crippen LogP contribution in [0.25, 0.3) is 0 Å². The summed E-state index contributed by atoms with van der Waals surface area (Å²) in [6.07, 6.45) is 3.13. The van der Waals surface area contributed by atoms with Gasteiger partial charge in [0.15, 0.2) is 0 Å². The number of rotatable bonds is 2. The lowest BCUT2D eigenvalue weighted by Gasteiger charge is -2.05. The van der Waals surface area contributed by atoms with Gasteiger partial charge in [-0.3, -0.25) is 15.2 Å². The number of pyridine rings is 1. The van der Waals surface area contributed by atoms with Crippen LogP contribution in [0.4, 0.5) is 0 Å². The first-order chi connectivity index (χ1) is 5.75. The summed E-state index contributed by atoms with van der Waals surface area (Å²) in [5.74, 6) is 4.47. The maximum absolute atomic E-state index is 10.9. The number of hydrogen-bond acceptors (Lipinski definition) is 3. The third kappa shape index (κ3) is 1.93. The molecule has 64 valence electrons. The van der Waals surface area contributed by atoms with E-state index >= 15 is 0 Å². The van der Waals surface area contributed by atoms with Crippen molar-refractivity contribution in [3.63, 3.8) is 0 Å². The van der Waals surface area contributed by atoms with Gasteiger partial charge in [0.05, 0.1) is 0 Å². The molecule has 1 aromatic heterocycles. The molecule has 1 unspecified atom stereocenters. The number of hydrazine groups is 1. The molecule has 1 amide bonds. The number of halogens is 1. The van der Waals surface area contributed by atoms with Crippen LogP contribution in [0.1, 0.15) is 10.9 Å². The number of hydrogen-bond donors (Lipinski definition) is 2. The highest BCUT2D eigenvalue weighted by atomic mass is 35.5. The number of nitrogens with two attached hydrogens (primary N) is 1. The van der Waals surface area contributed by atoms with E-state index in [9.17, 15) is 4.79 Å². The van der Waals surface area contributed by atoms with Crippen LogP contribution >= 0.6 is 11.6 Å². The standard InChI is InChI=1S/C7H8ClN3O/c8-6(7(12)11-9)5-2-1-3-10-4-5/h1-4,6H,9H2,(H,11,12). The van der Waals surface area contributed by atoms with Gasteiger partial charge in [0.2, 0.25) is 0 Å². The second-order valence-corrected chi connectivity index (χ2v) is 2.59. The molecule has 0 aliphatic carbocycles. The van der Waals surface area contributed by atoms with Crippen LogP contribution in [-0.4, -0.2) is 10.9 Å². The lowest BCUT2D eigenvalue weighted by atomic mass is 10.2. The summed E-state index contributed by atoms with van der Waals surface area (Å²) in [5, 5.41) is -0.774. The van der Waals surface area contributed by atoms with E-state index in [-0.39, 0.29) is 0 Å². The quantitative estimate of drug-likeness (QED) is 0.302. The minimum Gasteiger partial charge on any atom is -0.293 e. The molecule has 1 atom stereocenters. The normalized spacial score (nSPS) is 12.2. The molecule has 1 heterocycles. The SMILES string of the molecule is NNC(=O)C(Cl)c1cccnc1. The van der Waals surface area contributed by atoms with Crippen LogP contribution in [0.3, 0.4) is 0 Å². The highest BCUT2D eigenvalue weighted by Crippen LogP contribution is 2.18. The number of alkyl halides is 1. The lowest BCUT2D eigenvalue weighted by molar-refractivity contribution is -0.120. The Bertz CT molecular complexity index is 265. The van der Waals surface area contributed by atoms with Crippen LogP contribution in [0.15, 0.2) is 24.5 Å². The highest BCUT2D eigenvalue weighted by Gasteiger charge is 2.15. The zero-order valence-electron chi connectivity index (χ0n) is 6.20. The molecule has 0 aromatic carbocycles. The summed E-state index contributed by atoms with van der Waals surface area (Å²) in [4.78, 5) is 14.7. The fraction of sp³-hybridized carbons (Fsp3) is 0.143. The molecule has 0 spiro atoms. The Labute approximate surface area is 74.7 Å². The number of nitrogens with one attached hydrogen (secondary N) is 1. The molecule has 12 heavy (non-hydrogen) atoms. The van der Waals surface area contributed by atoms with Gasteiger partial charge in [0.25, 0.3) is 5.91 Å². The fourth-order valence-electron chi connectivity index (χ4n) is 0.750. The molecule has 0 aliphatic heterocycles. The smallest absolute Gasteiger partial charge is 0.256 e. The van der Waals surface area contributed by atoms with Gasteiger partial charge in [-0.1, -0.05) is 6.07 Å². The first kappa shape index (κ1) is 8.96. The summed E-state index contributed by atoms with van der Waals surface area (Å²) in [5.41, 5.74) is 2.59. The number of carbonyl (C=O) groups excluding carboxylic acids is 1. The van der Waals surface area contributed by atoms with Crippen molar-refractivity contribution in [1.82, 2.24) is 10.4 Å². The van der Waals surface area contributed by atoms with Gasteiger partial charge in [0, 0.05) is 12.4 Å². The van der Waals surface area contributed by atoms with Crippen molar-refractivity contribution in [2.24, 2.45) is 5.84 Å². The van der Waals surface area contributed by atoms with Gasteiger partial charge >= 0.3 is 0 Å². The molecule has 1 aromatic rings. The summed E-state index contributed by atoms with van der Waals surface area (Å²) in [6.45, 7) is 0. The second-order valence-electron chi connectivity index (χ2n) is 2.16. The Hall–Kier alpha value is -1.13. The molecule has 0 radical (unpaired) electrons. The molecular formula is C7H8ClN3O. The molecule has 0 saturated heterocycles. The van der Waals surface area contributed by atoms with Crippen LogP contribution in [0.2, 0.25) is 0 Å². The second kappa shape index (κ2) is 4.04. The number of amides is 1. The molecule has 0 fully saturated rings. The van der Waals surface area contributed by atoms with Gasteiger partial charge < -0.3 is 0 Å². The number of aromatic nitrogens is 1. The average Bonchev–Trinajstić information content (AvgIpc) is 2.17. The Morgan fingerprint density at radius 1 is 1.75 bits per heavy atom. The lowest BCUT2D eigenvalue weighted by Crippen LogP contribution is -2.32.